The Morgan fingerprint density at radius 3 is 2.55 bits per heavy atom. The normalized spacial score (nSPS) is 14.2. The summed E-state index contributed by atoms with van der Waals surface area (Å²) in [4.78, 5) is 13.9. The van der Waals surface area contributed by atoms with Gasteiger partial charge >= 0.3 is 0 Å². The molecule has 0 spiro atoms. The number of halogens is 2. The van der Waals surface area contributed by atoms with Crippen LogP contribution < -0.4 is 5.32 Å². The fourth-order valence-corrected chi connectivity index (χ4v) is 3.69. The number of carbonyl (C=O) groups is 1. The zero-order valence-electron chi connectivity index (χ0n) is 11.6. The van der Waals surface area contributed by atoms with E-state index in [4.69, 9.17) is 0 Å². The number of likely N-dealkylation sites (N-methyl/N-ethyl adjacent to an activating group) is 1. The Bertz CT molecular complexity index is 505. The van der Waals surface area contributed by atoms with Crippen LogP contribution in [-0.4, -0.2) is 53.8 Å². The van der Waals surface area contributed by atoms with Gasteiger partial charge in [0.25, 0.3) is 5.91 Å². The highest BCUT2D eigenvalue weighted by molar-refractivity contribution is 14.1. The number of aliphatic hydroxyl groups is 1. The molecule has 1 unspecified atom stereocenters. The fraction of sp³-hybridized carbons (Fsp3) is 0.462. The van der Waals surface area contributed by atoms with Gasteiger partial charge in [0.05, 0.1) is 14.7 Å². The highest BCUT2D eigenvalue weighted by atomic mass is 127. The minimum Gasteiger partial charge on any atom is -0.506 e. The molecule has 0 bridgehead atoms. The van der Waals surface area contributed by atoms with Crippen molar-refractivity contribution in [2.75, 3.05) is 27.2 Å². The lowest BCUT2D eigenvalue weighted by molar-refractivity contribution is 0.0325. The maximum Gasteiger partial charge on any atom is 0.255 e. The quantitative estimate of drug-likeness (QED) is 0.534. The minimum absolute atomic E-state index is 0.0317. The number of hydrogen-bond acceptors (Lipinski definition) is 4. The van der Waals surface area contributed by atoms with Gasteiger partial charge in [-0.2, -0.15) is 0 Å². The smallest absolute Gasteiger partial charge is 0.255 e. The molecular weight excluding hydrogens is 486 g/mol. The SMILES string of the molecule is CN(C)CC(C)(O)CNC(=O)c1cc(I)cc(I)c1O. The number of hydrogen-bond donors (Lipinski definition) is 3. The van der Waals surface area contributed by atoms with Gasteiger partial charge in [-0.25, -0.2) is 0 Å². The number of benzene rings is 1. The standard InChI is InChI=1S/C13H18I2N2O3/c1-13(20,7-17(2)3)6-16-12(19)9-4-8(14)5-10(15)11(9)18/h4-5,18,20H,6-7H2,1-3H3,(H,16,19). The van der Waals surface area contributed by atoms with Gasteiger partial charge in [-0.05, 0) is 78.3 Å². The molecule has 0 saturated carbocycles. The van der Waals surface area contributed by atoms with E-state index in [-0.39, 0.29) is 17.9 Å². The molecular formula is C13H18I2N2O3. The second-order valence-corrected chi connectivity index (χ2v) is 7.61. The first-order valence-corrected chi connectivity index (χ1v) is 8.11. The highest BCUT2D eigenvalue weighted by Crippen LogP contribution is 2.26. The topological polar surface area (TPSA) is 72.8 Å². The van der Waals surface area contributed by atoms with Crippen LogP contribution in [0, 0.1) is 7.14 Å². The van der Waals surface area contributed by atoms with Crippen LogP contribution in [0.25, 0.3) is 0 Å². The Hall–Kier alpha value is -0.130. The summed E-state index contributed by atoms with van der Waals surface area (Å²) >= 11 is 4.07. The third-order valence-electron chi connectivity index (χ3n) is 2.56. The third kappa shape index (κ3) is 5.34. The van der Waals surface area contributed by atoms with Crippen molar-refractivity contribution in [1.29, 1.82) is 0 Å². The molecule has 0 aliphatic carbocycles. The predicted octanol–water partition coefficient (Wildman–Crippen LogP) is 1.64. The first kappa shape index (κ1) is 17.9. The summed E-state index contributed by atoms with van der Waals surface area (Å²) in [7, 11) is 3.70. The molecule has 0 fully saturated rings. The molecule has 1 amide bonds. The van der Waals surface area contributed by atoms with Gasteiger partial charge < -0.3 is 20.4 Å². The van der Waals surface area contributed by atoms with E-state index >= 15 is 0 Å². The second kappa shape index (κ2) is 7.23. The lowest BCUT2D eigenvalue weighted by Crippen LogP contribution is -2.47. The second-order valence-electron chi connectivity index (χ2n) is 5.20. The summed E-state index contributed by atoms with van der Waals surface area (Å²) < 4.78 is 1.50. The van der Waals surface area contributed by atoms with Crippen molar-refractivity contribution in [1.82, 2.24) is 10.2 Å². The third-order valence-corrected chi connectivity index (χ3v) is 4.00. The number of amides is 1. The van der Waals surface area contributed by atoms with E-state index < -0.39 is 11.5 Å². The number of aromatic hydroxyl groups is 1. The Morgan fingerprint density at radius 1 is 1.40 bits per heavy atom. The number of carbonyl (C=O) groups excluding carboxylic acids is 1. The monoisotopic (exact) mass is 504 g/mol. The molecule has 3 N–H and O–H groups in total. The van der Waals surface area contributed by atoms with E-state index in [1.807, 2.05) is 41.6 Å². The summed E-state index contributed by atoms with van der Waals surface area (Å²) in [5, 5.41) is 22.7. The largest absolute Gasteiger partial charge is 0.506 e. The summed E-state index contributed by atoms with van der Waals surface area (Å²) in [6.45, 7) is 2.21. The molecule has 0 heterocycles. The average Bonchev–Trinajstić information content (AvgIpc) is 2.29. The number of phenols is 1. The van der Waals surface area contributed by atoms with Crippen LogP contribution in [0.2, 0.25) is 0 Å². The van der Waals surface area contributed by atoms with Gasteiger partial charge in [-0.3, -0.25) is 4.79 Å². The van der Waals surface area contributed by atoms with E-state index in [2.05, 4.69) is 27.9 Å². The van der Waals surface area contributed by atoms with E-state index in [1.165, 1.54) is 0 Å². The Morgan fingerprint density at radius 2 is 2.00 bits per heavy atom. The molecule has 0 aromatic heterocycles. The Labute approximate surface area is 146 Å². The van der Waals surface area contributed by atoms with Crippen molar-refractivity contribution >= 4 is 51.1 Å². The molecule has 5 nitrogen and oxygen atoms in total. The van der Waals surface area contributed by atoms with Crippen LogP contribution in [0.15, 0.2) is 12.1 Å². The summed E-state index contributed by atoms with van der Waals surface area (Å²) in [5.74, 6) is -0.422. The van der Waals surface area contributed by atoms with E-state index in [9.17, 15) is 15.0 Å². The van der Waals surface area contributed by atoms with Gasteiger partial charge in [-0.1, -0.05) is 0 Å². The number of nitrogens with one attached hydrogen (secondary N) is 1. The van der Waals surface area contributed by atoms with Gasteiger partial charge in [-0.15, -0.1) is 0 Å². The van der Waals surface area contributed by atoms with E-state index in [0.717, 1.165) is 3.57 Å². The van der Waals surface area contributed by atoms with Crippen molar-refractivity contribution in [3.05, 3.63) is 24.8 Å². The van der Waals surface area contributed by atoms with Crippen LogP contribution >= 0.6 is 45.2 Å². The minimum atomic E-state index is -1.02. The van der Waals surface area contributed by atoms with Crippen molar-refractivity contribution in [2.45, 2.75) is 12.5 Å². The van der Waals surface area contributed by atoms with Crippen LogP contribution in [-0.2, 0) is 0 Å². The maximum absolute atomic E-state index is 12.1. The average molecular weight is 504 g/mol. The summed E-state index contributed by atoms with van der Waals surface area (Å²) in [5.41, 5.74) is -0.800. The van der Waals surface area contributed by atoms with Gasteiger partial charge in [0.15, 0.2) is 0 Å². The van der Waals surface area contributed by atoms with Gasteiger partial charge in [0.1, 0.15) is 5.75 Å². The van der Waals surface area contributed by atoms with E-state index in [0.29, 0.717) is 10.1 Å². The summed E-state index contributed by atoms with van der Waals surface area (Å²) in [6, 6.07) is 3.41. The van der Waals surface area contributed by atoms with Crippen molar-refractivity contribution in [3.8, 4) is 5.75 Å². The number of nitrogens with zero attached hydrogens (tertiary/aromatic N) is 1. The first-order chi connectivity index (χ1) is 9.12. The predicted molar refractivity (Wildman–Crippen MR) is 95.1 cm³/mol. The van der Waals surface area contributed by atoms with Gasteiger partial charge in [0, 0.05) is 16.7 Å². The van der Waals surface area contributed by atoms with Crippen LogP contribution in [0.4, 0.5) is 0 Å². The molecule has 1 aromatic carbocycles. The number of rotatable bonds is 5. The molecule has 7 heteroatoms. The number of phenolic OH excluding ortho intramolecular Hbond substituents is 1. The molecule has 0 radical (unpaired) electrons. The van der Waals surface area contributed by atoms with Gasteiger partial charge in [0.2, 0.25) is 0 Å². The molecule has 1 rings (SSSR count). The molecule has 0 aliphatic heterocycles. The first-order valence-electron chi connectivity index (χ1n) is 5.96. The molecule has 0 aliphatic rings. The van der Waals surface area contributed by atoms with Crippen LogP contribution in [0.5, 0.6) is 5.75 Å². The Kier molecular flexibility index (Phi) is 6.48. The molecule has 20 heavy (non-hydrogen) atoms. The van der Waals surface area contributed by atoms with Crippen molar-refractivity contribution < 1.29 is 15.0 Å². The highest BCUT2D eigenvalue weighted by Gasteiger charge is 2.23. The molecule has 1 aromatic rings. The van der Waals surface area contributed by atoms with Crippen LogP contribution in [0.1, 0.15) is 17.3 Å². The molecule has 1 atom stereocenters. The van der Waals surface area contributed by atoms with Crippen LogP contribution in [0.3, 0.4) is 0 Å². The zero-order chi connectivity index (χ0) is 15.5. The van der Waals surface area contributed by atoms with E-state index in [1.54, 1.807) is 19.1 Å². The maximum atomic E-state index is 12.1. The lowest BCUT2D eigenvalue weighted by atomic mass is 10.1. The van der Waals surface area contributed by atoms with Crippen molar-refractivity contribution in [3.63, 3.8) is 0 Å². The lowest BCUT2D eigenvalue weighted by Gasteiger charge is -2.27. The fourth-order valence-electron chi connectivity index (χ4n) is 1.84. The Balaban J connectivity index is 2.78. The molecule has 0 saturated heterocycles. The zero-order valence-corrected chi connectivity index (χ0v) is 15.9. The molecule has 112 valence electrons. The summed E-state index contributed by atoms with van der Waals surface area (Å²) in [6.07, 6.45) is 0. The van der Waals surface area contributed by atoms with Crippen molar-refractivity contribution in [2.24, 2.45) is 0 Å².